The molecule has 88 valence electrons. The highest BCUT2D eigenvalue weighted by molar-refractivity contribution is 8.03. The van der Waals surface area contributed by atoms with Crippen molar-refractivity contribution >= 4 is 46.8 Å². The van der Waals surface area contributed by atoms with Crippen LogP contribution >= 0.6 is 34.9 Å². The van der Waals surface area contributed by atoms with Crippen LogP contribution in [0, 0.1) is 0 Å². The summed E-state index contributed by atoms with van der Waals surface area (Å²) in [5, 5.41) is 9.38. The SMILES string of the molecule is CSc1nnc(S[C@H](C)C(=O)NC(N)=O)s1. The van der Waals surface area contributed by atoms with E-state index in [2.05, 4.69) is 10.2 Å². The number of imide groups is 1. The number of thioether (sulfide) groups is 2. The number of rotatable bonds is 4. The summed E-state index contributed by atoms with van der Waals surface area (Å²) in [6, 6.07) is -0.848. The second-order valence-electron chi connectivity index (χ2n) is 2.65. The molecule has 0 aliphatic carbocycles. The van der Waals surface area contributed by atoms with Crippen molar-refractivity contribution in [2.45, 2.75) is 20.9 Å². The number of nitrogens with zero attached hydrogens (tertiary/aromatic N) is 2. The lowest BCUT2D eigenvalue weighted by Crippen LogP contribution is -2.39. The fourth-order valence-corrected chi connectivity index (χ4v) is 3.34. The Morgan fingerprint density at radius 2 is 2.06 bits per heavy atom. The van der Waals surface area contributed by atoms with Gasteiger partial charge in [0, 0.05) is 0 Å². The molecule has 3 N–H and O–H groups in total. The van der Waals surface area contributed by atoms with E-state index < -0.39 is 17.2 Å². The molecule has 0 fully saturated rings. The molecule has 0 unspecified atom stereocenters. The number of urea groups is 1. The Kier molecular flexibility index (Phi) is 5.03. The van der Waals surface area contributed by atoms with Gasteiger partial charge in [-0.2, -0.15) is 0 Å². The van der Waals surface area contributed by atoms with Gasteiger partial charge in [0.15, 0.2) is 8.68 Å². The van der Waals surface area contributed by atoms with Crippen molar-refractivity contribution in [2.75, 3.05) is 6.26 Å². The van der Waals surface area contributed by atoms with E-state index in [1.165, 1.54) is 34.9 Å². The molecule has 1 aromatic heterocycles. The Morgan fingerprint density at radius 1 is 1.44 bits per heavy atom. The Bertz CT molecular complexity index is 395. The molecule has 0 spiro atoms. The van der Waals surface area contributed by atoms with Crippen LogP contribution in [0.2, 0.25) is 0 Å². The summed E-state index contributed by atoms with van der Waals surface area (Å²) in [6.07, 6.45) is 1.90. The van der Waals surface area contributed by atoms with E-state index in [0.29, 0.717) is 4.34 Å². The summed E-state index contributed by atoms with van der Waals surface area (Å²) in [7, 11) is 0. The molecule has 1 atom stereocenters. The average Bonchev–Trinajstić information content (AvgIpc) is 2.64. The maximum Gasteiger partial charge on any atom is 0.318 e. The zero-order valence-corrected chi connectivity index (χ0v) is 11.0. The van der Waals surface area contributed by atoms with Crippen LogP contribution in [0.3, 0.4) is 0 Å². The van der Waals surface area contributed by atoms with Gasteiger partial charge in [-0.3, -0.25) is 10.1 Å². The molecular formula is C7H10N4O2S3. The maximum atomic E-state index is 11.4. The summed E-state index contributed by atoms with van der Waals surface area (Å²) in [6.45, 7) is 1.67. The third-order valence-electron chi connectivity index (χ3n) is 1.46. The largest absolute Gasteiger partial charge is 0.351 e. The van der Waals surface area contributed by atoms with E-state index in [4.69, 9.17) is 5.73 Å². The third-order valence-corrected chi connectivity index (χ3v) is 4.54. The summed E-state index contributed by atoms with van der Waals surface area (Å²) in [4.78, 5) is 21.8. The fourth-order valence-electron chi connectivity index (χ4n) is 0.755. The zero-order valence-electron chi connectivity index (χ0n) is 8.59. The van der Waals surface area contributed by atoms with Gasteiger partial charge in [-0.05, 0) is 13.2 Å². The van der Waals surface area contributed by atoms with Gasteiger partial charge in [0.1, 0.15) is 0 Å². The van der Waals surface area contributed by atoms with Crippen molar-refractivity contribution in [2.24, 2.45) is 5.73 Å². The van der Waals surface area contributed by atoms with Gasteiger partial charge in [0.05, 0.1) is 5.25 Å². The van der Waals surface area contributed by atoms with E-state index in [0.717, 1.165) is 4.34 Å². The highest BCUT2D eigenvalue weighted by atomic mass is 32.2. The third kappa shape index (κ3) is 3.99. The number of primary amides is 1. The Hall–Kier alpha value is -0.800. The Labute approximate surface area is 105 Å². The first-order valence-corrected chi connectivity index (χ1v) is 7.09. The lowest BCUT2D eigenvalue weighted by atomic mass is 10.4. The number of amides is 3. The van der Waals surface area contributed by atoms with Crippen LogP contribution in [0.1, 0.15) is 6.92 Å². The highest BCUT2D eigenvalue weighted by Gasteiger charge is 2.17. The van der Waals surface area contributed by atoms with Gasteiger partial charge in [0.2, 0.25) is 5.91 Å². The van der Waals surface area contributed by atoms with Crippen LogP contribution in [0.4, 0.5) is 4.79 Å². The van der Waals surface area contributed by atoms with Crippen molar-refractivity contribution in [1.29, 1.82) is 0 Å². The molecule has 1 heterocycles. The van der Waals surface area contributed by atoms with Crippen molar-refractivity contribution in [3.63, 3.8) is 0 Å². The lowest BCUT2D eigenvalue weighted by Gasteiger charge is -2.06. The zero-order chi connectivity index (χ0) is 12.1. The molecule has 0 radical (unpaired) electrons. The van der Waals surface area contributed by atoms with Gasteiger partial charge in [-0.1, -0.05) is 34.9 Å². The first-order chi connectivity index (χ1) is 7.52. The molecule has 1 rings (SSSR count). The van der Waals surface area contributed by atoms with Crippen molar-refractivity contribution in [1.82, 2.24) is 15.5 Å². The van der Waals surface area contributed by atoms with Gasteiger partial charge < -0.3 is 5.73 Å². The number of nitrogens with one attached hydrogen (secondary N) is 1. The number of aromatic nitrogens is 2. The van der Waals surface area contributed by atoms with Crippen LogP contribution in [0.15, 0.2) is 8.68 Å². The molecule has 0 bridgehead atoms. The van der Waals surface area contributed by atoms with Gasteiger partial charge in [0.25, 0.3) is 0 Å². The lowest BCUT2D eigenvalue weighted by molar-refractivity contribution is -0.119. The van der Waals surface area contributed by atoms with E-state index in [1.807, 2.05) is 11.6 Å². The molecule has 16 heavy (non-hydrogen) atoms. The van der Waals surface area contributed by atoms with Crippen LogP contribution in [0.25, 0.3) is 0 Å². The Morgan fingerprint density at radius 3 is 2.56 bits per heavy atom. The minimum atomic E-state index is -0.848. The number of hydrogen-bond acceptors (Lipinski definition) is 7. The van der Waals surface area contributed by atoms with Gasteiger partial charge >= 0.3 is 6.03 Å². The normalized spacial score (nSPS) is 12.1. The highest BCUT2D eigenvalue weighted by Crippen LogP contribution is 2.29. The molecule has 6 nitrogen and oxygen atoms in total. The van der Waals surface area contributed by atoms with Crippen LogP contribution in [-0.4, -0.2) is 33.6 Å². The standard InChI is InChI=1S/C7H10N4O2S3/c1-3(4(12)9-5(8)13)15-7-11-10-6(14-2)16-7/h3H,1-2H3,(H3,8,9,12,13)/t3-/m1/s1. The number of carbonyl (C=O) groups excluding carboxylic acids is 2. The van der Waals surface area contributed by atoms with Crippen molar-refractivity contribution < 1.29 is 9.59 Å². The molecule has 9 heteroatoms. The van der Waals surface area contributed by atoms with Gasteiger partial charge in [-0.15, -0.1) is 10.2 Å². The van der Waals surface area contributed by atoms with Crippen molar-refractivity contribution in [3.8, 4) is 0 Å². The number of carbonyl (C=O) groups is 2. The average molecular weight is 278 g/mol. The molecule has 0 saturated heterocycles. The summed E-state index contributed by atoms with van der Waals surface area (Å²) >= 11 is 4.14. The summed E-state index contributed by atoms with van der Waals surface area (Å²) in [5.41, 5.74) is 4.84. The van der Waals surface area contributed by atoms with E-state index in [-0.39, 0.29) is 0 Å². The second-order valence-corrected chi connectivity index (χ2v) is 6.27. The minimum absolute atomic E-state index is 0.432. The molecule has 0 aliphatic heterocycles. The molecule has 0 saturated carbocycles. The van der Waals surface area contributed by atoms with E-state index in [1.54, 1.807) is 6.92 Å². The molecule has 0 aliphatic rings. The quantitative estimate of drug-likeness (QED) is 0.795. The maximum absolute atomic E-state index is 11.4. The summed E-state index contributed by atoms with van der Waals surface area (Å²) < 4.78 is 1.53. The smallest absolute Gasteiger partial charge is 0.318 e. The molecule has 1 aromatic rings. The number of nitrogens with two attached hydrogens (primary N) is 1. The second kappa shape index (κ2) is 6.06. The molecular weight excluding hydrogens is 268 g/mol. The van der Waals surface area contributed by atoms with Gasteiger partial charge in [-0.25, -0.2) is 4.79 Å². The van der Waals surface area contributed by atoms with E-state index in [9.17, 15) is 9.59 Å². The fraction of sp³-hybridized carbons (Fsp3) is 0.429. The first kappa shape index (κ1) is 13.3. The molecule has 3 amide bonds. The van der Waals surface area contributed by atoms with Crippen molar-refractivity contribution in [3.05, 3.63) is 0 Å². The summed E-state index contributed by atoms with van der Waals surface area (Å²) in [5.74, 6) is -0.432. The van der Waals surface area contributed by atoms with Crippen LogP contribution in [0.5, 0.6) is 0 Å². The molecule has 0 aromatic carbocycles. The van der Waals surface area contributed by atoms with Crippen LogP contribution in [-0.2, 0) is 4.79 Å². The monoisotopic (exact) mass is 278 g/mol. The number of hydrogen-bond donors (Lipinski definition) is 2. The Balaban J connectivity index is 2.53. The van der Waals surface area contributed by atoms with Crippen LogP contribution < -0.4 is 11.1 Å². The topological polar surface area (TPSA) is 98.0 Å². The van der Waals surface area contributed by atoms with E-state index >= 15 is 0 Å². The predicted molar refractivity (Wildman–Crippen MR) is 64.7 cm³/mol. The predicted octanol–water partition coefficient (Wildman–Crippen LogP) is 0.936. The minimum Gasteiger partial charge on any atom is -0.351 e. The first-order valence-electron chi connectivity index (χ1n) is 4.17.